The van der Waals surface area contributed by atoms with Gasteiger partial charge in [0.1, 0.15) is 0 Å². The second kappa shape index (κ2) is 8.02. The molecule has 0 atom stereocenters. The average molecular weight is 394 g/mol. The zero-order chi connectivity index (χ0) is 15.1. The van der Waals surface area contributed by atoms with Crippen LogP contribution in [0.3, 0.4) is 0 Å². The fourth-order valence-electron chi connectivity index (χ4n) is 1.98. The predicted molar refractivity (Wildman–Crippen MR) is 97.0 cm³/mol. The number of amides is 1. The quantitative estimate of drug-likeness (QED) is 0.548. The van der Waals surface area contributed by atoms with Gasteiger partial charge < -0.3 is 10.6 Å². The maximum absolute atomic E-state index is 12.5. The number of hydrogen-bond donors (Lipinski definition) is 2. The molecule has 2 rings (SSSR count). The van der Waals surface area contributed by atoms with Gasteiger partial charge in [0.2, 0.25) is 0 Å². The minimum absolute atomic E-state index is 0.0845. The highest BCUT2D eigenvalue weighted by Crippen LogP contribution is 2.20. The fraction of sp³-hybridized carbons (Fsp3) is 0.235. The molecule has 0 saturated heterocycles. The third kappa shape index (κ3) is 4.74. The van der Waals surface area contributed by atoms with Gasteiger partial charge in [0, 0.05) is 21.5 Å². The Morgan fingerprint density at radius 1 is 1.14 bits per heavy atom. The van der Waals surface area contributed by atoms with E-state index in [0.717, 1.165) is 34.3 Å². The van der Waals surface area contributed by atoms with Crippen molar-refractivity contribution in [3.63, 3.8) is 0 Å². The summed E-state index contributed by atoms with van der Waals surface area (Å²) in [6.45, 7) is 3.03. The lowest BCUT2D eigenvalue weighted by Gasteiger charge is -2.12. The van der Waals surface area contributed by atoms with Crippen molar-refractivity contribution in [2.75, 3.05) is 17.2 Å². The van der Waals surface area contributed by atoms with E-state index in [0.29, 0.717) is 5.56 Å². The minimum Gasteiger partial charge on any atom is -0.384 e. The number of benzene rings is 2. The van der Waals surface area contributed by atoms with E-state index in [2.05, 4.69) is 40.1 Å². The molecule has 0 heterocycles. The summed E-state index contributed by atoms with van der Waals surface area (Å²) >= 11 is 2.22. The zero-order valence-electron chi connectivity index (χ0n) is 12.0. The lowest BCUT2D eigenvalue weighted by Crippen LogP contribution is -2.15. The second-order valence-electron chi connectivity index (χ2n) is 4.79. The van der Waals surface area contributed by atoms with Crippen LogP contribution in [0.4, 0.5) is 11.4 Å². The van der Waals surface area contributed by atoms with Crippen molar-refractivity contribution >= 4 is 39.9 Å². The number of carbonyl (C=O) groups excluding carboxylic acids is 1. The van der Waals surface area contributed by atoms with Crippen molar-refractivity contribution < 1.29 is 4.79 Å². The Morgan fingerprint density at radius 3 is 2.62 bits per heavy atom. The van der Waals surface area contributed by atoms with Crippen LogP contribution in [0.1, 0.15) is 30.1 Å². The van der Waals surface area contributed by atoms with Gasteiger partial charge in [-0.3, -0.25) is 4.79 Å². The zero-order valence-corrected chi connectivity index (χ0v) is 14.2. The second-order valence-corrected chi connectivity index (χ2v) is 6.04. The van der Waals surface area contributed by atoms with E-state index in [-0.39, 0.29) is 5.91 Å². The summed E-state index contributed by atoms with van der Waals surface area (Å²) in [5.41, 5.74) is 2.38. The van der Waals surface area contributed by atoms with E-state index < -0.39 is 0 Å². The van der Waals surface area contributed by atoms with Crippen molar-refractivity contribution in [2.45, 2.75) is 19.8 Å². The summed E-state index contributed by atoms with van der Waals surface area (Å²) in [4.78, 5) is 12.5. The first-order valence-electron chi connectivity index (χ1n) is 7.10. The summed E-state index contributed by atoms with van der Waals surface area (Å²) in [7, 11) is 0. The summed E-state index contributed by atoms with van der Waals surface area (Å²) in [5.74, 6) is -0.0845. The molecule has 0 aliphatic carbocycles. The fourth-order valence-corrected chi connectivity index (χ4v) is 2.47. The lowest BCUT2D eigenvalue weighted by atomic mass is 10.1. The number of carbonyl (C=O) groups is 1. The molecule has 0 aliphatic heterocycles. The van der Waals surface area contributed by atoms with Crippen LogP contribution in [-0.2, 0) is 0 Å². The van der Waals surface area contributed by atoms with Crippen LogP contribution in [0.5, 0.6) is 0 Å². The molecule has 3 nitrogen and oxygen atoms in total. The molecule has 0 unspecified atom stereocenters. The van der Waals surface area contributed by atoms with E-state index in [9.17, 15) is 4.79 Å². The van der Waals surface area contributed by atoms with E-state index in [1.54, 1.807) is 0 Å². The monoisotopic (exact) mass is 394 g/mol. The van der Waals surface area contributed by atoms with Crippen molar-refractivity contribution in [1.82, 2.24) is 0 Å². The number of unbranched alkanes of at least 4 members (excludes halogenated alkanes) is 1. The van der Waals surface area contributed by atoms with Gasteiger partial charge in [0.25, 0.3) is 5.91 Å². The van der Waals surface area contributed by atoms with Crippen molar-refractivity contribution in [1.29, 1.82) is 0 Å². The number of hydrogen-bond acceptors (Lipinski definition) is 2. The van der Waals surface area contributed by atoms with E-state index in [1.807, 2.05) is 48.5 Å². The molecule has 2 N–H and O–H groups in total. The normalized spacial score (nSPS) is 10.2. The summed E-state index contributed by atoms with van der Waals surface area (Å²) in [5, 5.41) is 6.28. The summed E-state index contributed by atoms with van der Waals surface area (Å²) in [6.07, 6.45) is 2.22. The van der Waals surface area contributed by atoms with Crippen LogP contribution >= 0.6 is 22.6 Å². The average Bonchev–Trinajstić information content (AvgIpc) is 2.50. The first-order chi connectivity index (χ1) is 10.2. The Hall–Kier alpha value is -1.56. The number of nitrogens with one attached hydrogen (secondary N) is 2. The highest BCUT2D eigenvalue weighted by Gasteiger charge is 2.12. The molecule has 4 heteroatoms. The van der Waals surface area contributed by atoms with E-state index in [4.69, 9.17) is 0 Å². The Balaban J connectivity index is 2.16. The van der Waals surface area contributed by atoms with Crippen LogP contribution in [0.25, 0.3) is 0 Å². The first kappa shape index (κ1) is 15.8. The molecule has 0 aromatic heterocycles. The third-order valence-electron chi connectivity index (χ3n) is 3.10. The first-order valence-corrected chi connectivity index (χ1v) is 8.18. The number of anilines is 2. The van der Waals surface area contributed by atoms with Crippen LogP contribution in [-0.4, -0.2) is 12.5 Å². The van der Waals surface area contributed by atoms with Crippen molar-refractivity contribution in [3.05, 3.63) is 57.7 Å². The highest BCUT2D eigenvalue weighted by atomic mass is 127. The lowest BCUT2D eigenvalue weighted by molar-refractivity contribution is 0.102. The van der Waals surface area contributed by atoms with Gasteiger partial charge in [-0.2, -0.15) is 0 Å². The molecule has 0 radical (unpaired) electrons. The Labute approximate surface area is 139 Å². The van der Waals surface area contributed by atoms with Crippen molar-refractivity contribution in [3.8, 4) is 0 Å². The SMILES string of the molecule is CCCCNc1ccc(I)cc1C(=O)Nc1ccccc1. The number of para-hydroxylation sites is 1. The highest BCUT2D eigenvalue weighted by molar-refractivity contribution is 14.1. The van der Waals surface area contributed by atoms with Crippen LogP contribution in [0, 0.1) is 3.57 Å². The van der Waals surface area contributed by atoms with Crippen molar-refractivity contribution in [2.24, 2.45) is 0 Å². The van der Waals surface area contributed by atoms with Gasteiger partial charge in [-0.15, -0.1) is 0 Å². The maximum Gasteiger partial charge on any atom is 0.257 e. The Kier molecular flexibility index (Phi) is 6.04. The molecular formula is C17H19IN2O. The summed E-state index contributed by atoms with van der Waals surface area (Å²) < 4.78 is 1.05. The molecule has 0 fully saturated rings. The van der Waals surface area contributed by atoms with Gasteiger partial charge in [0.15, 0.2) is 0 Å². The topological polar surface area (TPSA) is 41.1 Å². The molecule has 1 amide bonds. The molecule has 0 saturated carbocycles. The van der Waals surface area contributed by atoms with Crippen LogP contribution in [0.15, 0.2) is 48.5 Å². The standard InChI is InChI=1S/C17H19IN2O/c1-2-3-11-19-16-10-9-13(18)12-15(16)17(21)20-14-7-5-4-6-8-14/h4-10,12,19H,2-3,11H2,1H3,(H,20,21). The van der Waals surface area contributed by atoms with Crippen LogP contribution < -0.4 is 10.6 Å². The summed E-state index contributed by atoms with van der Waals surface area (Å²) in [6, 6.07) is 15.4. The molecule has 2 aromatic carbocycles. The maximum atomic E-state index is 12.5. The molecule has 0 aliphatic rings. The smallest absolute Gasteiger partial charge is 0.257 e. The molecular weight excluding hydrogens is 375 g/mol. The van der Waals surface area contributed by atoms with Gasteiger partial charge in [-0.1, -0.05) is 31.5 Å². The minimum atomic E-state index is -0.0845. The third-order valence-corrected chi connectivity index (χ3v) is 3.77. The molecule has 110 valence electrons. The molecule has 2 aromatic rings. The van der Waals surface area contributed by atoms with Gasteiger partial charge in [-0.25, -0.2) is 0 Å². The van der Waals surface area contributed by atoms with Crippen LogP contribution in [0.2, 0.25) is 0 Å². The van der Waals surface area contributed by atoms with E-state index in [1.165, 1.54) is 0 Å². The van der Waals surface area contributed by atoms with Gasteiger partial charge in [-0.05, 0) is 59.3 Å². The largest absolute Gasteiger partial charge is 0.384 e. The van der Waals surface area contributed by atoms with Gasteiger partial charge in [0.05, 0.1) is 5.56 Å². The van der Waals surface area contributed by atoms with E-state index >= 15 is 0 Å². The Bertz CT molecular complexity index is 599. The Morgan fingerprint density at radius 2 is 1.90 bits per heavy atom. The van der Waals surface area contributed by atoms with Gasteiger partial charge >= 0.3 is 0 Å². The molecule has 21 heavy (non-hydrogen) atoms. The predicted octanol–water partition coefficient (Wildman–Crippen LogP) is 4.76. The molecule has 0 bridgehead atoms. The molecule has 0 spiro atoms. The number of halogens is 1. The number of rotatable bonds is 6.